The van der Waals surface area contributed by atoms with Gasteiger partial charge in [-0.15, -0.1) is 0 Å². The molecule has 0 unspecified atom stereocenters. The molecule has 0 atom stereocenters. The number of hydrogen-bond donors (Lipinski definition) is 1. The average Bonchev–Trinajstić information content (AvgIpc) is 3.24. The second-order valence-electron chi connectivity index (χ2n) is 6.36. The van der Waals surface area contributed by atoms with Gasteiger partial charge in [-0.1, -0.05) is 18.2 Å². The molecular formula is C17H20N4O2S. The highest BCUT2D eigenvalue weighted by molar-refractivity contribution is 7.71. The Morgan fingerprint density at radius 1 is 1.38 bits per heavy atom. The number of para-hydroxylation sites is 1. The van der Waals surface area contributed by atoms with Crippen molar-refractivity contribution in [2.75, 3.05) is 7.05 Å². The Morgan fingerprint density at radius 3 is 2.88 bits per heavy atom. The zero-order valence-electron chi connectivity index (χ0n) is 13.6. The fraction of sp³-hybridized carbons (Fsp3) is 0.412. The molecule has 1 N–H and O–H groups in total. The molecule has 0 aliphatic heterocycles. The van der Waals surface area contributed by atoms with Gasteiger partial charge in [0.25, 0.3) is 0 Å². The van der Waals surface area contributed by atoms with Crippen LogP contribution in [0.15, 0.2) is 34.7 Å². The standard InChI is InChI=1S/C17H20N4O2S/c1-19(9-14-8-12-4-2-3-5-15(12)23-14)11-20-17(24)21(13-6-7-13)16(10-22)18-20/h2-5,8,13,22H,6-7,9-11H2,1H3. The third-order valence-electron chi connectivity index (χ3n) is 4.27. The lowest BCUT2D eigenvalue weighted by molar-refractivity contribution is 0.224. The maximum atomic E-state index is 9.51. The summed E-state index contributed by atoms with van der Waals surface area (Å²) in [5.74, 6) is 1.56. The fourth-order valence-corrected chi connectivity index (χ4v) is 3.38. The molecule has 6 nitrogen and oxygen atoms in total. The van der Waals surface area contributed by atoms with E-state index in [1.807, 2.05) is 35.9 Å². The molecule has 24 heavy (non-hydrogen) atoms. The van der Waals surface area contributed by atoms with Gasteiger partial charge in [0.1, 0.15) is 18.0 Å². The van der Waals surface area contributed by atoms with Crippen LogP contribution in [-0.2, 0) is 19.8 Å². The summed E-state index contributed by atoms with van der Waals surface area (Å²) in [5.41, 5.74) is 0.901. The quantitative estimate of drug-likeness (QED) is 0.697. The number of rotatable bonds is 6. The largest absolute Gasteiger partial charge is 0.460 e. The van der Waals surface area contributed by atoms with Gasteiger partial charge >= 0.3 is 0 Å². The van der Waals surface area contributed by atoms with Gasteiger partial charge in [0, 0.05) is 11.4 Å². The van der Waals surface area contributed by atoms with Crippen molar-refractivity contribution >= 4 is 23.2 Å². The number of aromatic nitrogens is 3. The molecule has 126 valence electrons. The molecule has 3 aromatic rings. The molecule has 0 radical (unpaired) electrons. The first-order valence-electron chi connectivity index (χ1n) is 8.11. The van der Waals surface area contributed by atoms with Crippen molar-refractivity contribution in [2.24, 2.45) is 0 Å². The van der Waals surface area contributed by atoms with Crippen LogP contribution >= 0.6 is 12.2 Å². The van der Waals surface area contributed by atoms with E-state index in [2.05, 4.69) is 16.1 Å². The van der Waals surface area contributed by atoms with Gasteiger partial charge in [-0.05, 0) is 44.2 Å². The Balaban J connectivity index is 1.51. The van der Waals surface area contributed by atoms with E-state index < -0.39 is 0 Å². The highest BCUT2D eigenvalue weighted by Gasteiger charge is 2.28. The summed E-state index contributed by atoms with van der Waals surface area (Å²) in [6.45, 7) is 1.14. The zero-order valence-corrected chi connectivity index (χ0v) is 14.4. The van der Waals surface area contributed by atoms with Gasteiger partial charge < -0.3 is 9.52 Å². The molecule has 1 aromatic carbocycles. The molecule has 0 spiro atoms. The Kier molecular flexibility index (Phi) is 3.99. The molecule has 2 heterocycles. The van der Waals surface area contributed by atoms with Crippen LogP contribution in [-0.4, -0.2) is 31.4 Å². The van der Waals surface area contributed by atoms with Crippen molar-refractivity contribution in [3.8, 4) is 0 Å². The smallest absolute Gasteiger partial charge is 0.199 e. The summed E-state index contributed by atoms with van der Waals surface area (Å²) in [7, 11) is 2.00. The van der Waals surface area contributed by atoms with Crippen LogP contribution in [0.5, 0.6) is 0 Å². The summed E-state index contributed by atoms with van der Waals surface area (Å²) in [6.07, 6.45) is 2.23. The number of nitrogens with zero attached hydrogens (tertiary/aromatic N) is 4. The lowest BCUT2D eigenvalue weighted by Crippen LogP contribution is -2.22. The van der Waals surface area contributed by atoms with Crippen molar-refractivity contribution in [3.63, 3.8) is 0 Å². The van der Waals surface area contributed by atoms with Crippen molar-refractivity contribution in [1.29, 1.82) is 0 Å². The van der Waals surface area contributed by atoms with Crippen LogP contribution in [0.25, 0.3) is 11.0 Å². The molecular weight excluding hydrogens is 324 g/mol. The molecule has 1 fully saturated rings. The fourth-order valence-electron chi connectivity index (χ4n) is 3.02. The van der Waals surface area contributed by atoms with Gasteiger partial charge in [0.15, 0.2) is 10.6 Å². The lowest BCUT2D eigenvalue weighted by Gasteiger charge is -2.14. The molecule has 1 saturated carbocycles. The number of fused-ring (bicyclic) bond motifs is 1. The average molecular weight is 344 g/mol. The minimum Gasteiger partial charge on any atom is -0.460 e. The number of aliphatic hydroxyl groups excluding tert-OH is 1. The van der Waals surface area contributed by atoms with E-state index in [0.717, 1.165) is 29.6 Å². The maximum Gasteiger partial charge on any atom is 0.199 e. The number of furan rings is 1. The van der Waals surface area contributed by atoms with Gasteiger partial charge in [0.2, 0.25) is 0 Å². The maximum absolute atomic E-state index is 9.51. The van der Waals surface area contributed by atoms with E-state index in [-0.39, 0.29) is 6.61 Å². The van der Waals surface area contributed by atoms with Crippen LogP contribution in [0.4, 0.5) is 0 Å². The van der Waals surface area contributed by atoms with Crippen LogP contribution in [0.2, 0.25) is 0 Å². The molecule has 0 saturated heterocycles. The predicted molar refractivity (Wildman–Crippen MR) is 92.9 cm³/mol. The summed E-state index contributed by atoms with van der Waals surface area (Å²) in [6, 6.07) is 10.5. The highest BCUT2D eigenvalue weighted by Crippen LogP contribution is 2.36. The van der Waals surface area contributed by atoms with Crippen molar-refractivity contribution in [1.82, 2.24) is 19.2 Å². The summed E-state index contributed by atoms with van der Waals surface area (Å²) < 4.78 is 10.3. The van der Waals surface area contributed by atoms with Crippen LogP contribution in [0.1, 0.15) is 30.5 Å². The third-order valence-corrected chi connectivity index (χ3v) is 4.68. The topological polar surface area (TPSA) is 59.4 Å². The second-order valence-corrected chi connectivity index (χ2v) is 6.73. The van der Waals surface area contributed by atoms with Crippen LogP contribution < -0.4 is 0 Å². The number of benzene rings is 1. The summed E-state index contributed by atoms with van der Waals surface area (Å²) >= 11 is 5.53. The van der Waals surface area contributed by atoms with E-state index in [4.69, 9.17) is 16.6 Å². The second kappa shape index (κ2) is 6.16. The summed E-state index contributed by atoms with van der Waals surface area (Å²) in [4.78, 5) is 2.10. The van der Waals surface area contributed by atoms with E-state index >= 15 is 0 Å². The SMILES string of the molecule is CN(Cc1cc2ccccc2o1)Cn1nc(CO)n(C2CC2)c1=S. The molecule has 1 aliphatic carbocycles. The molecule has 2 aromatic heterocycles. The Morgan fingerprint density at radius 2 is 2.17 bits per heavy atom. The van der Waals surface area contributed by atoms with Gasteiger partial charge in [-0.3, -0.25) is 9.47 Å². The molecule has 0 bridgehead atoms. The zero-order chi connectivity index (χ0) is 16.7. The normalized spacial score (nSPS) is 14.8. The van der Waals surface area contributed by atoms with Gasteiger partial charge in [-0.2, -0.15) is 5.10 Å². The predicted octanol–water partition coefficient (Wildman–Crippen LogP) is 3.08. The minimum absolute atomic E-state index is 0.0829. The number of aliphatic hydroxyl groups is 1. The Hall–Kier alpha value is -1.96. The first-order valence-corrected chi connectivity index (χ1v) is 8.51. The Bertz CT molecular complexity index is 889. The molecule has 4 rings (SSSR count). The van der Waals surface area contributed by atoms with E-state index in [1.54, 1.807) is 4.68 Å². The van der Waals surface area contributed by atoms with Crippen molar-refractivity contribution < 1.29 is 9.52 Å². The minimum atomic E-state index is -0.0829. The summed E-state index contributed by atoms with van der Waals surface area (Å²) in [5, 5.41) is 15.1. The first-order chi connectivity index (χ1) is 11.7. The number of hydrogen-bond acceptors (Lipinski definition) is 5. The Labute approximate surface area is 144 Å². The van der Waals surface area contributed by atoms with E-state index in [1.165, 1.54) is 0 Å². The van der Waals surface area contributed by atoms with Gasteiger partial charge in [0.05, 0.1) is 13.2 Å². The molecule has 7 heteroatoms. The van der Waals surface area contributed by atoms with Crippen LogP contribution in [0.3, 0.4) is 0 Å². The third kappa shape index (κ3) is 2.90. The van der Waals surface area contributed by atoms with E-state index in [0.29, 0.717) is 29.9 Å². The van der Waals surface area contributed by atoms with E-state index in [9.17, 15) is 5.11 Å². The first kappa shape index (κ1) is 15.6. The highest BCUT2D eigenvalue weighted by atomic mass is 32.1. The van der Waals surface area contributed by atoms with Crippen molar-refractivity contribution in [3.05, 3.63) is 46.7 Å². The molecule has 0 amide bonds. The van der Waals surface area contributed by atoms with Crippen molar-refractivity contribution in [2.45, 2.75) is 38.7 Å². The monoisotopic (exact) mass is 344 g/mol. The van der Waals surface area contributed by atoms with Crippen LogP contribution in [0, 0.1) is 4.77 Å². The lowest BCUT2D eigenvalue weighted by atomic mass is 10.2. The molecule has 1 aliphatic rings. The van der Waals surface area contributed by atoms with Gasteiger partial charge in [-0.25, -0.2) is 4.68 Å².